The Kier molecular flexibility index (Phi) is 5.73. The zero-order valence-corrected chi connectivity index (χ0v) is 21.2. The average Bonchev–Trinajstić information content (AvgIpc) is 3.40. The molecule has 3 aliphatic heterocycles. The summed E-state index contributed by atoms with van der Waals surface area (Å²) in [5.74, 6) is 0.816. The number of nitrogens with one attached hydrogen (secondary N) is 1. The third-order valence-electron chi connectivity index (χ3n) is 8.17. The second kappa shape index (κ2) is 9.40. The smallest absolute Gasteiger partial charge is 0.251 e. The lowest BCUT2D eigenvalue weighted by molar-refractivity contribution is -0.125. The van der Waals surface area contributed by atoms with E-state index in [9.17, 15) is 4.79 Å². The number of amidine groups is 1. The second-order valence-corrected chi connectivity index (χ2v) is 10.3. The number of ether oxygens (including phenoxy) is 2. The first kappa shape index (κ1) is 23.2. The average molecular weight is 507 g/mol. The maximum Gasteiger partial charge on any atom is 0.251 e. The van der Waals surface area contributed by atoms with Crippen molar-refractivity contribution in [3.63, 3.8) is 0 Å². The van der Waals surface area contributed by atoms with Crippen LogP contribution in [0, 0.1) is 5.92 Å². The Morgan fingerprint density at radius 3 is 2.58 bits per heavy atom. The molecule has 1 saturated heterocycles. The van der Waals surface area contributed by atoms with Crippen LogP contribution in [0.15, 0.2) is 89.0 Å². The molecule has 3 aromatic carbocycles. The van der Waals surface area contributed by atoms with E-state index in [-0.39, 0.29) is 11.8 Å². The molecule has 192 valence electrons. The molecule has 38 heavy (non-hydrogen) atoms. The highest BCUT2D eigenvalue weighted by Gasteiger charge is 2.53. The van der Waals surface area contributed by atoms with Gasteiger partial charge in [-0.3, -0.25) is 4.79 Å². The van der Waals surface area contributed by atoms with Crippen molar-refractivity contribution in [3.8, 4) is 5.75 Å². The molecule has 0 radical (unpaired) electrons. The Morgan fingerprint density at radius 1 is 0.947 bits per heavy atom. The monoisotopic (exact) mass is 506 g/mol. The summed E-state index contributed by atoms with van der Waals surface area (Å²) in [5, 5.41) is 4.64. The number of rotatable bonds is 3. The number of fused-ring (bicyclic) bond motifs is 5. The van der Waals surface area contributed by atoms with Crippen LogP contribution in [0.4, 0.5) is 0 Å². The van der Waals surface area contributed by atoms with Gasteiger partial charge in [-0.25, -0.2) is 10.4 Å². The highest BCUT2D eigenvalue weighted by atomic mass is 16.5. The Bertz CT molecular complexity index is 1430. The summed E-state index contributed by atoms with van der Waals surface area (Å²) in [6.45, 7) is 2.58. The summed E-state index contributed by atoms with van der Waals surface area (Å²) in [5.41, 5.74) is 7.44. The fraction of sp³-hybridized carbons (Fsp3) is 0.323. The van der Waals surface area contributed by atoms with Crippen LogP contribution >= 0.6 is 0 Å². The van der Waals surface area contributed by atoms with Crippen molar-refractivity contribution in [3.05, 3.63) is 101 Å². The number of hydrazone groups is 1. The molecule has 7 nitrogen and oxygen atoms in total. The Morgan fingerprint density at radius 2 is 1.71 bits per heavy atom. The summed E-state index contributed by atoms with van der Waals surface area (Å²) in [6, 6.07) is 26.5. The van der Waals surface area contributed by atoms with Crippen molar-refractivity contribution in [2.24, 2.45) is 16.0 Å². The number of para-hydroxylation sites is 1. The first-order chi connectivity index (χ1) is 18.7. The number of aliphatic imine (C=N–C) groups is 1. The third kappa shape index (κ3) is 3.89. The zero-order valence-electron chi connectivity index (χ0n) is 21.2. The van der Waals surface area contributed by atoms with E-state index in [1.165, 1.54) is 5.56 Å². The van der Waals surface area contributed by atoms with Gasteiger partial charge in [-0.2, -0.15) is 5.10 Å². The van der Waals surface area contributed by atoms with Gasteiger partial charge in [0.05, 0.1) is 18.9 Å². The SMILES string of the molecule is O=C(N/N=C1\CCc2ccccc21)[C@@H]1C(N2CCOCC2)=N[C@]2(c3ccccc3)C[C@H]1c1ccccc1O2. The number of aryl methyl sites for hydroxylation is 1. The van der Waals surface area contributed by atoms with Gasteiger partial charge in [-0.1, -0.05) is 72.8 Å². The molecular weight excluding hydrogens is 476 g/mol. The largest absolute Gasteiger partial charge is 0.462 e. The number of hydrogen-bond acceptors (Lipinski definition) is 6. The van der Waals surface area contributed by atoms with Crippen molar-refractivity contribution in [1.29, 1.82) is 0 Å². The van der Waals surface area contributed by atoms with E-state index < -0.39 is 11.6 Å². The molecule has 0 aromatic heterocycles. The molecule has 4 aliphatic rings. The number of hydrogen-bond donors (Lipinski definition) is 1. The molecule has 1 amide bonds. The van der Waals surface area contributed by atoms with Crippen molar-refractivity contribution in [1.82, 2.24) is 10.3 Å². The van der Waals surface area contributed by atoms with Crippen LogP contribution in [0.3, 0.4) is 0 Å². The molecule has 1 aliphatic carbocycles. The summed E-state index contributed by atoms with van der Waals surface area (Å²) >= 11 is 0. The molecule has 1 fully saturated rings. The van der Waals surface area contributed by atoms with E-state index in [1.807, 2.05) is 42.5 Å². The Balaban J connectivity index is 1.31. The van der Waals surface area contributed by atoms with E-state index in [1.54, 1.807) is 0 Å². The Labute approximate surface area is 222 Å². The van der Waals surface area contributed by atoms with E-state index >= 15 is 0 Å². The highest BCUT2D eigenvalue weighted by molar-refractivity contribution is 6.07. The van der Waals surface area contributed by atoms with Crippen LogP contribution in [0.2, 0.25) is 0 Å². The molecular formula is C31H30N4O3. The van der Waals surface area contributed by atoms with Crippen molar-refractivity contribution in [2.75, 3.05) is 26.3 Å². The summed E-state index contributed by atoms with van der Waals surface area (Å²) in [6.07, 6.45) is 2.35. The standard InChI is InChI=1S/C31H30N4O3/c36-30(34-33-26-15-14-21-8-4-5-11-23(21)26)28-25-20-31(22-9-2-1-3-10-22,38-27-13-7-6-12-24(25)27)32-29(28)35-16-18-37-19-17-35/h1-13,25,28H,14-20H2,(H,34,36)/b33-26+/t25-,28-,31+/m0/s1. The first-order valence-corrected chi connectivity index (χ1v) is 13.4. The first-order valence-electron chi connectivity index (χ1n) is 13.4. The van der Waals surface area contributed by atoms with Gasteiger partial charge in [0.15, 0.2) is 0 Å². The van der Waals surface area contributed by atoms with Gasteiger partial charge in [0.25, 0.3) is 5.91 Å². The van der Waals surface area contributed by atoms with Crippen LogP contribution in [-0.2, 0) is 21.7 Å². The van der Waals surface area contributed by atoms with E-state index in [0.717, 1.165) is 46.8 Å². The minimum absolute atomic E-state index is 0.105. The lowest BCUT2D eigenvalue weighted by Crippen LogP contribution is -2.56. The summed E-state index contributed by atoms with van der Waals surface area (Å²) < 4.78 is 12.3. The number of benzene rings is 3. The van der Waals surface area contributed by atoms with Gasteiger partial charge >= 0.3 is 0 Å². The van der Waals surface area contributed by atoms with E-state index in [4.69, 9.17) is 14.5 Å². The Hall–Kier alpha value is -3.97. The van der Waals surface area contributed by atoms with E-state index in [2.05, 4.69) is 51.8 Å². The van der Waals surface area contributed by atoms with Crippen LogP contribution in [-0.4, -0.2) is 48.7 Å². The molecule has 7 heteroatoms. The predicted molar refractivity (Wildman–Crippen MR) is 145 cm³/mol. The fourth-order valence-electron chi connectivity index (χ4n) is 6.33. The fourth-order valence-corrected chi connectivity index (χ4v) is 6.33. The van der Waals surface area contributed by atoms with Crippen LogP contribution in [0.25, 0.3) is 0 Å². The number of carbonyl (C=O) groups excluding carboxylic acids is 1. The second-order valence-electron chi connectivity index (χ2n) is 10.3. The zero-order chi connectivity index (χ0) is 25.5. The molecule has 3 atom stereocenters. The molecule has 0 unspecified atom stereocenters. The number of nitrogens with zero attached hydrogens (tertiary/aromatic N) is 3. The van der Waals surface area contributed by atoms with Gasteiger partial charge < -0.3 is 14.4 Å². The molecule has 3 aromatic rings. The minimum atomic E-state index is -0.888. The van der Waals surface area contributed by atoms with Crippen molar-refractivity contribution >= 4 is 17.5 Å². The van der Waals surface area contributed by atoms with E-state index in [0.29, 0.717) is 32.7 Å². The third-order valence-corrected chi connectivity index (χ3v) is 8.17. The number of amides is 1. The maximum atomic E-state index is 14.1. The molecule has 1 N–H and O–H groups in total. The summed E-state index contributed by atoms with van der Waals surface area (Å²) in [4.78, 5) is 21.6. The normalized spacial score (nSPS) is 26.7. The van der Waals surface area contributed by atoms with Crippen molar-refractivity contribution in [2.45, 2.75) is 30.9 Å². The molecule has 2 bridgehead atoms. The topological polar surface area (TPSA) is 75.5 Å². The molecule has 7 rings (SSSR count). The lowest BCUT2D eigenvalue weighted by Gasteiger charge is -2.48. The van der Waals surface area contributed by atoms with Gasteiger partial charge in [0.2, 0.25) is 5.72 Å². The molecule has 0 spiro atoms. The quantitative estimate of drug-likeness (QED) is 0.540. The van der Waals surface area contributed by atoms with Crippen LogP contribution in [0.5, 0.6) is 5.75 Å². The van der Waals surface area contributed by atoms with Crippen LogP contribution < -0.4 is 10.2 Å². The molecule has 0 saturated carbocycles. The van der Waals surface area contributed by atoms with Gasteiger partial charge in [0, 0.05) is 36.6 Å². The van der Waals surface area contributed by atoms with Gasteiger partial charge in [-0.15, -0.1) is 0 Å². The number of carbonyl (C=O) groups is 1. The molecule has 3 heterocycles. The van der Waals surface area contributed by atoms with Crippen LogP contribution in [0.1, 0.15) is 41.0 Å². The van der Waals surface area contributed by atoms with Gasteiger partial charge in [-0.05, 0) is 30.0 Å². The van der Waals surface area contributed by atoms with Gasteiger partial charge in [0.1, 0.15) is 17.5 Å². The summed E-state index contributed by atoms with van der Waals surface area (Å²) in [7, 11) is 0. The number of morpholine rings is 1. The predicted octanol–water partition coefficient (Wildman–Crippen LogP) is 4.23. The lowest BCUT2D eigenvalue weighted by atomic mass is 9.73. The minimum Gasteiger partial charge on any atom is -0.462 e. The maximum absolute atomic E-state index is 14.1. The van der Waals surface area contributed by atoms with Crippen molar-refractivity contribution < 1.29 is 14.3 Å². The highest BCUT2D eigenvalue weighted by Crippen LogP contribution is 2.53.